The number of carbonyl (C=O) groups excluding carboxylic acids is 1. The fourth-order valence-electron chi connectivity index (χ4n) is 3.22. The summed E-state index contributed by atoms with van der Waals surface area (Å²) in [5, 5.41) is 10.4. The summed E-state index contributed by atoms with van der Waals surface area (Å²) < 4.78 is 7.06. The fourth-order valence-corrected chi connectivity index (χ4v) is 4.03. The van der Waals surface area contributed by atoms with Gasteiger partial charge in [-0.2, -0.15) is 5.10 Å². The minimum absolute atomic E-state index is 0.127. The first-order valence-electron chi connectivity index (χ1n) is 9.30. The maximum atomic E-state index is 12.9. The quantitative estimate of drug-likeness (QED) is 0.644. The number of amides is 1. The summed E-state index contributed by atoms with van der Waals surface area (Å²) in [5.74, 6) is -0.127. The maximum Gasteiger partial charge on any atom is 0.270 e. The largest absolute Gasteiger partial charge is 0.370 e. The van der Waals surface area contributed by atoms with Crippen molar-refractivity contribution in [3.63, 3.8) is 0 Å². The number of halogens is 1. The van der Waals surface area contributed by atoms with Gasteiger partial charge in [0.15, 0.2) is 0 Å². The van der Waals surface area contributed by atoms with Crippen molar-refractivity contribution in [3.05, 3.63) is 58.6 Å². The molecule has 28 heavy (non-hydrogen) atoms. The second kappa shape index (κ2) is 8.87. The van der Waals surface area contributed by atoms with Gasteiger partial charge in [-0.3, -0.25) is 4.79 Å². The minimum Gasteiger partial charge on any atom is -0.370 e. The van der Waals surface area contributed by atoms with Gasteiger partial charge in [0.2, 0.25) is 0 Å². The number of morpholine rings is 1. The Balaban J connectivity index is 1.53. The molecule has 146 valence electrons. The van der Waals surface area contributed by atoms with Gasteiger partial charge in [-0.05, 0) is 41.8 Å². The van der Waals surface area contributed by atoms with E-state index in [1.807, 2.05) is 35.7 Å². The molecule has 1 saturated heterocycles. The molecule has 1 amide bonds. The lowest BCUT2D eigenvalue weighted by Gasteiger charge is -2.23. The Morgan fingerprint density at radius 3 is 2.75 bits per heavy atom. The lowest BCUT2D eigenvalue weighted by Crippen LogP contribution is -3.14. The van der Waals surface area contributed by atoms with E-state index in [9.17, 15) is 4.79 Å². The molecule has 0 spiro atoms. The van der Waals surface area contributed by atoms with E-state index in [1.165, 1.54) is 4.90 Å². The van der Waals surface area contributed by atoms with Gasteiger partial charge in [0, 0.05) is 5.02 Å². The summed E-state index contributed by atoms with van der Waals surface area (Å²) in [4.78, 5) is 15.4. The smallest absolute Gasteiger partial charge is 0.270 e. The van der Waals surface area contributed by atoms with Crippen molar-refractivity contribution in [1.29, 1.82) is 0 Å². The van der Waals surface area contributed by atoms with E-state index in [0.29, 0.717) is 17.3 Å². The molecule has 1 aliphatic heterocycles. The number of hydrogen-bond donors (Lipinski definition) is 2. The van der Waals surface area contributed by atoms with Crippen LogP contribution < -0.4 is 10.2 Å². The van der Waals surface area contributed by atoms with E-state index in [1.54, 1.807) is 28.2 Å². The Hall–Kier alpha value is -2.19. The lowest BCUT2D eigenvalue weighted by atomic mass is 10.2. The van der Waals surface area contributed by atoms with Crippen LogP contribution in [0.5, 0.6) is 0 Å². The van der Waals surface area contributed by atoms with Crippen LogP contribution >= 0.6 is 22.9 Å². The highest BCUT2D eigenvalue weighted by molar-refractivity contribution is 7.13. The Kier molecular flexibility index (Phi) is 6.07. The molecule has 1 fully saturated rings. The molecule has 1 aromatic carbocycles. The predicted molar refractivity (Wildman–Crippen MR) is 111 cm³/mol. The monoisotopic (exact) mass is 417 g/mol. The lowest BCUT2D eigenvalue weighted by molar-refractivity contribution is -0.906. The summed E-state index contributed by atoms with van der Waals surface area (Å²) in [6.45, 7) is 5.06. The highest BCUT2D eigenvalue weighted by atomic mass is 35.5. The van der Waals surface area contributed by atoms with Gasteiger partial charge in [0.25, 0.3) is 5.91 Å². The summed E-state index contributed by atoms with van der Waals surface area (Å²) in [6, 6.07) is 13.1. The maximum absolute atomic E-state index is 12.9. The average molecular weight is 418 g/mol. The van der Waals surface area contributed by atoms with Gasteiger partial charge >= 0.3 is 0 Å². The van der Waals surface area contributed by atoms with Gasteiger partial charge in [-0.1, -0.05) is 17.7 Å². The molecule has 2 aromatic heterocycles. The van der Waals surface area contributed by atoms with Gasteiger partial charge in [0.05, 0.1) is 36.9 Å². The van der Waals surface area contributed by atoms with Crippen LogP contribution in [0.3, 0.4) is 0 Å². The molecular weight excluding hydrogens is 396 g/mol. The van der Waals surface area contributed by atoms with Crippen molar-refractivity contribution < 1.29 is 14.4 Å². The zero-order valence-electron chi connectivity index (χ0n) is 15.4. The van der Waals surface area contributed by atoms with E-state index in [2.05, 4.69) is 10.4 Å². The number of hydrogen-bond acceptors (Lipinski definition) is 4. The zero-order chi connectivity index (χ0) is 19.3. The van der Waals surface area contributed by atoms with Crippen molar-refractivity contribution >= 4 is 28.8 Å². The first kappa shape index (κ1) is 19.1. The summed E-state index contributed by atoms with van der Waals surface area (Å²) in [7, 11) is 0. The van der Waals surface area contributed by atoms with Gasteiger partial charge in [-0.25, -0.2) is 4.68 Å². The number of ether oxygens (including phenoxy) is 1. The molecule has 0 radical (unpaired) electrons. The van der Waals surface area contributed by atoms with Crippen LogP contribution in [0, 0.1) is 0 Å². The van der Waals surface area contributed by atoms with Gasteiger partial charge in [-0.15, -0.1) is 11.3 Å². The average Bonchev–Trinajstić information content (AvgIpc) is 3.39. The second-order valence-corrected chi connectivity index (χ2v) is 8.03. The molecule has 0 saturated carbocycles. The van der Waals surface area contributed by atoms with E-state index >= 15 is 0 Å². The first-order chi connectivity index (χ1) is 13.7. The second-order valence-electron chi connectivity index (χ2n) is 6.65. The number of aromatic nitrogens is 2. The molecule has 0 bridgehead atoms. The number of nitrogens with one attached hydrogen (secondary N) is 2. The molecule has 1 aliphatic rings. The van der Waals surface area contributed by atoms with Crippen LogP contribution in [0.4, 0.5) is 0 Å². The molecule has 3 aromatic rings. The number of thiophene rings is 1. The molecule has 6 nitrogen and oxygen atoms in total. The zero-order valence-corrected chi connectivity index (χ0v) is 16.9. The number of rotatable bonds is 6. The van der Waals surface area contributed by atoms with Crippen molar-refractivity contribution in [1.82, 2.24) is 15.1 Å². The third-order valence-corrected chi connectivity index (χ3v) is 5.90. The van der Waals surface area contributed by atoms with Gasteiger partial charge < -0.3 is 15.0 Å². The Labute approximate surface area is 172 Å². The highest BCUT2D eigenvalue weighted by Crippen LogP contribution is 2.26. The van der Waals surface area contributed by atoms with E-state index in [0.717, 1.165) is 49.1 Å². The summed E-state index contributed by atoms with van der Waals surface area (Å²) in [5.41, 5.74) is 2.10. The third kappa shape index (κ3) is 4.44. The molecule has 3 heterocycles. The number of quaternary nitrogens is 1. The summed E-state index contributed by atoms with van der Waals surface area (Å²) >= 11 is 7.61. The molecule has 8 heteroatoms. The van der Waals surface area contributed by atoms with Crippen LogP contribution in [0.25, 0.3) is 16.3 Å². The van der Waals surface area contributed by atoms with E-state index in [4.69, 9.17) is 16.3 Å². The van der Waals surface area contributed by atoms with Crippen LogP contribution in [-0.2, 0) is 4.74 Å². The fraction of sp³-hybridized carbons (Fsp3) is 0.300. The molecule has 0 unspecified atom stereocenters. The van der Waals surface area contributed by atoms with Crippen molar-refractivity contribution in [3.8, 4) is 16.3 Å². The SMILES string of the molecule is O=C(NCC[NH+]1CCOCC1)c1cc(-c2cccs2)nn1-c1ccc(Cl)cc1. The van der Waals surface area contributed by atoms with Crippen LogP contribution in [-0.4, -0.2) is 55.1 Å². The van der Waals surface area contributed by atoms with Crippen molar-refractivity contribution in [2.45, 2.75) is 0 Å². The predicted octanol–water partition coefficient (Wildman–Crippen LogP) is 1.90. The van der Waals surface area contributed by atoms with Crippen LogP contribution in [0.1, 0.15) is 10.5 Å². The highest BCUT2D eigenvalue weighted by Gasteiger charge is 2.19. The normalized spacial score (nSPS) is 14.9. The third-order valence-electron chi connectivity index (χ3n) is 4.75. The topological polar surface area (TPSA) is 60.6 Å². The van der Waals surface area contributed by atoms with Crippen LogP contribution in [0.15, 0.2) is 47.8 Å². The van der Waals surface area contributed by atoms with Gasteiger partial charge in [0.1, 0.15) is 24.5 Å². The molecule has 0 aliphatic carbocycles. The van der Waals surface area contributed by atoms with Crippen molar-refractivity contribution in [2.75, 3.05) is 39.4 Å². The minimum atomic E-state index is -0.127. The summed E-state index contributed by atoms with van der Waals surface area (Å²) in [6.07, 6.45) is 0. The molecule has 2 N–H and O–H groups in total. The standard InChI is InChI=1S/C20H21ClN4O2S/c21-15-3-5-16(6-4-15)25-18(14-17(23-25)19-2-1-13-28-19)20(26)22-7-8-24-9-11-27-12-10-24/h1-6,13-14H,7-12H2,(H,22,26)/p+1. The van der Waals surface area contributed by atoms with E-state index < -0.39 is 0 Å². The van der Waals surface area contributed by atoms with Crippen LogP contribution in [0.2, 0.25) is 5.02 Å². The number of carbonyl (C=O) groups is 1. The first-order valence-corrected chi connectivity index (χ1v) is 10.6. The van der Waals surface area contributed by atoms with E-state index in [-0.39, 0.29) is 5.91 Å². The Morgan fingerprint density at radius 2 is 2.04 bits per heavy atom. The molecule has 0 atom stereocenters. The molecular formula is C20H22ClN4O2S+. The molecule has 4 rings (SSSR count). The Morgan fingerprint density at radius 1 is 1.25 bits per heavy atom. The van der Waals surface area contributed by atoms with Crippen molar-refractivity contribution in [2.24, 2.45) is 0 Å². The number of nitrogens with zero attached hydrogens (tertiary/aromatic N) is 2. The number of benzene rings is 1. The Bertz CT molecular complexity index is 918.